The van der Waals surface area contributed by atoms with E-state index in [-0.39, 0.29) is 18.4 Å². The molecule has 0 aliphatic heterocycles. The molecule has 1 rings (SSSR count). The van der Waals surface area contributed by atoms with E-state index in [9.17, 15) is 4.39 Å². The highest BCUT2D eigenvalue weighted by Gasteiger charge is 2.06. The highest BCUT2D eigenvalue weighted by molar-refractivity contribution is 5.26. The quantitative estimate of drug-likeness (QED) is 0.628. The molecule has 1 atom stereocenters. The van der Waals surface area contributed by atoms with Gasteiger partial charge in [0, 0.05) is 24.7 Å². The largest absolute Gasteiger partial charge is 0.329 e. The second-order valence-electron chi connectivity index (χ2n) is 2.90. The number of rotatable bonds is 3. The van der Waals surface area contributed by atoms with Gasteiger partial charge in [0.15, 0.2) is 0 Å². The first-order valence-corrected chi connectivity index (χ1v) is 4.13. The van der Waals surface area contributed by atoms with Crippen molar-refractivity contribution in [2.75, 3.05) is 6.54 Å². The van der Waals surface area contributed by atoms with E-state index in [4.69, 9.17) is 17.2 Å². The summed E-state index contributed by atoms with van der Waals surface area (Å²) in [7, 11) is 0. The molecule has 0 fully saturated rings. The third-order valence-corrected chi connectivity index (χ3v) is 1.98. The summed E-state index contributed by atoms with van der Waals surface area (Å²) in [6, 6.07) is 4.48. The molecule has 0 unspecified atom stereocenters. The van der Waals surface area contributed by atoms with Gasteiger partial charge in [0.2, 0.25) is 0 Å². The molecular weight excluding hydrogens is 169 g/mol. The highest BCUT2D eigenvalue weighted by Crippen LogP contribution is 2.14. The topological polar surface area (TPSA) is 78.1 Å². The van der Waals surface area contributed by atoms with Crippen molar-refractivity contribution in [1.82, 2.24) is 0 Å². The summed E-state index contributed by atoms with van der Waals surface area (Å²) in [5.74, 6) is -0.316. The van der Waals surface area contributed by atoms with Crippen LogP contribution in [-0.4, -0.2) is 6.54 Å². The average Bonchev–Trinajstić information content (AvgIpc) is 2.16. The molecule has 0 aromatic heterocycles. The fourth-order valence-corrected chi connectivity index (χ4v) is 1.10. The maximum atomic E-state index is 13.2. The van der Waals surface area contributed by atoms with Gasteiger partial charge < -0.3 is 17.2 Å². The summed E-state index contributed by atoms with van der Waals surface area (Å²) in [4.78, 5) is 0. The van der Waals surface area contributed by atoms with Gasteiger partial charge in [-0.25, -0.2) is 4.39 Å². The van der Waals surface area contributed by atoms with E-state index >= 15 is 0 Å². The second-order valence-corrected chi connectivity index (χ2v) is 2.90. The van der Waals surface area contributed by atoms with Gasteiger partial charge in [0.1, 0.15) is 5.82 Å². The van der Waals surface area contributed by atoms with Crippen LogP contribution in [0.3, 0.4) is 0 Å². The molecular formula is C9H14FN3. The van der Waals surface area contributed by atoms with Crippen LogP contribution < -0.4 is 17.2 Å². The first kappa shape index (κ1) is 10.1. The van der Waals surface area contributed by atoms with Crippen LogP contribution in [0, 0.1) is 5.82 Å². The number of hydrogen-bond donors (Lipinski definition) is 3. The van der Waals surface area contributed by atoms with Crippen LogP contribution >= 0.6 is 0 Å². The van der Waals surface area contributed by atoms with Crippen LogP contribution in [-0.2, 0) is 6.54 Å². The monoisotopic (exact) mass is 183 g/mol. The van der Waals surface area contributed by atoms with Crippen LogP contribution in [0.5, 0.6) is 0 Å². The van der Waals surface area contributed by atoms with Gasteiger partial charge in [-0.3, -0.25) is 0 Å². The summed E-state index contributed by atoms with van der Waals surface area (Å²) < 4.78 is 13.2. The van der Waals surface area contributed by atoms with Crippen molar-refractivity contribution < 1.29 is 4.39 Å². The summed E-state index contributed by atoms with van der Waals surface area (Å²) in [6.07, 6.45) is 0. The Hall–Kier alpha value is -0.970. The Labute approximate surface area is 76.7 Å². The Bertz CT molecular complexity index is 288. The number of benzene rings is 1. The summed E-state index contributed by atoms with van der Waals surface area (Å²) >= 11 is 0. The van der Waals surface area contributed by atoms with Crippen LogP contribution in [0.15, 0.2) is 18.2 Å². The van der Waals surface area contributed by atoms with Crippen molar-refractivity contribution in [1.29, 1.82) is 0 Å². The Kier molecular flexibility index (Phi) is 3.36. The van der Waals surface area contributed by atoms with Gasteiger partial charge in [-0.2, -0.15) is 0 Å². The van der Waals surface area contributed by atoms with Crippen LogP contribution in [0.4, 0.5) is 4.39 Å². The molecule has 6 N–H and O–H groups in total. The Morgan fingerprint density at radius 3 is 2.46 bits per heavy atom. The van der Waals surface area contributed by atoms with E-state index in [1.165, 1.54) is 6.07 Å². The predicted molar refractivity (Wildman–Crippen MR) is 50.3 cm³/mol. The fourth-order valence-electron chi connectivity index (χ4n) is 1.10. The molecule has 1 aromatic rings. The van der Waals surface area contributed by atoms with Gasteiger partial charge in [-0.15, -0.1) is 0 Å². The first-order valence-electron chi connectivity index (χ1n) is 4.13. The van der Waals surface area contributed by atoms with Gasteiger partial charge >= 0.3 is 0 Å². The molecule has 0 aliphatic rings. The van der Waals surface area contributed by atoms with Gasteiger partial charge in [-0.05, 0) is 11.6 Å². The summed E-state index contributed by atoms with van der Waals surface area (Å²) in [6.45, 7) is 0.505. The molecule has 3 nitrogen and oxygen atoms in total. The SMILES string of the molecule is NCc1ccc([C@H](N)CN)cc1F. The number of hydrogen-bond acceptors (Lipinski definition) is 3. The molecule has 0 bridgehead atoms. The van der Waals surface area contributed by atoms with Crippen molar-refractivity contribution in [3.63, 3.8) is 0 Å². The first-order chi connectivity index (χ1) is 6.19. The van der Waals surface area contributed by atoms with E-state index in [2.05, 4.69) is 0 Å². The van der Waals surface area contributed by atoms with E-state index < -0.39 is 0 Å². The third kappa shape index (κ3) is 2.24. The van der Waals surface area contributed by atoms with Crippen molar-refractivity contribution in [3.05, 3.63) is 35.1 Å². The Morgan fingerprint density at radius 1 is 1.31 bits per heavy atom. The van der Waals surface area contributed by atoms with Crippen molar-refractivity contribution >= 4 is 0 Å². The minimum Gasteiger partial charge on any atom is -0.329 e. The van der Waals surface area contributed by atoms with Crippen LogP contribution in [0.2, 0.25) is 0 Å². The van der Waals surface area contributed by atoms with Crippen LogP contribution in [0.25, 0.3) is 0 Å². The highest BCUT2D eigenvalue weighted by atomic mass is 19.1. The minimum atomic E-state index is -0.316. The lowest BCUT2D eigenvalue weighted by Gasteiger charge is -2.10. The summed E-state index contributed by atoms with van der Waals surface area (Å²) in [5.41, 5.74) is 17.5. The second kappa shape index (κ2) is 4.32. The van der Waals surface area contributed by atoms with E-state index in [1.807, 2.05) is 0 Å². The lowest BCUT2D eigenvalue weighted by Crippen LogP contribution is -2.21. The van der Waals surface area contributed by atoms with Gasteiger partial charge in [-0.1, -0.05) is 12.1 Å². The molecule has 0 radical (unpaired) electrons. The lowest BCUT2D eigenvalue weighted by molar-refractivity contribution is 0.603. The predicted octanol–water partition coefficient (Wildman–Crippen LogP) is 0.243. The molecule has 0 amide bonds. The molecule has 0 saturated heterocycles. The van der Waals surface area contributed by atoms with E-state index in [0.717, 1.165) is 0 Å². The fraction of sp³-hybridized carbons (Fsp3) is 0.333. The number of nitrogens with two attached hydrogens (primary N) is 3. The molecule has 1 aromatic carbocycles. The Balaban J connectivity index is 2.95. The van der Waals surface area contributed by atoms with Crippen molar-refractivity contribution in [2.45, 2.75) is 12.6 Å². The molecule has 72 valence electrons. The molecule has 0 aliphatic carbocycles. The zero-order valence-corrected chi connectivity index (χ0v) is 7.33. The zero-order chi connectivity index (χ0) is 9.84. The smallest absolute Gasteiger partial charge is 0.128 e. The molecule has 0 heterocycles. The maximum absolute atomic E-state index is 13.2. The molecule has 13 heavy (non-hydrogen) atoms. The number of halogens is 1. The third-order valence-electron chi connectivity index (χ3n) is 1.98. The van der Waals surface area contributed by atoms with Gasteiger partial charge in [0.25, 0.3) is 0 Å². The Morgan fingerprint density at radius 2 is 2.00 bits per heavy atom. The molecule has 4 heteroatoms. The van der Waals surface area contributed by atoms with E-state index in [0.29, 0.717) is 17.7 Å². The normalized spacial score (nSPS) is 12.9. The lowest BCUT2D eigenvalue weighted by atomic mass is 10.1. The van der Waals surface area contributed by atoms with E-state index in [1.54, 1.807) is 12.1 Å². The standard InChI is InChI=1S/C9H14FN3/c10-8-3-6(9(13)5-12)1-2-7(8)4-11/h1-3,9H,4-5,11-13H2/t9-/m1/s1. The van der Waals surface area contributed by atoms with Crippen molar-refractivity contribution in [3.8, 4) is 0 Å². The average molecular weight is 183 g/mol. The maximum Gasteiger partial charge on any atom is 0.128 e. The van der Waals surface area contributed by atoms with Crippen molar-refractivity contribution in [2.24, 2.45) is 17.2 Å². The van der Waals surface area contributed by atoms with Crippen LogP contribution in [0.1, 0.15) is 17.2 Å². The summed E-state index contributed by atoms with van der Waals surface area (Å²) in [5, 5.41) is 0. The molecule has 0 saturated carbocycles. The minimum absolute atomic E-state index is 0.198. The zero-order valence-electron chi connectivity index (χ0n) is 7.33. The molecule has 0 spiro atoms. The van der Waals surface area contributed by atoms with Gasteiger partial charge in [0.05, 0.1) is 0 Å².